The van der Waals surface area contributed by atoms with Crippen molar-refractivity contribution in [2.45, 2.75) is 6.92 Å². The summed E-state index contributed by atoms with van der Waals surface area (Å²) in [7, 11) is 0. The second-order valence-corrected chi connectivity index (χ2v) is 5.85. The minimum absolute atomic E-state index is 0.809. The van der Waals surface area contributed by atoms with Gasteiger partial charge in [-0.2, -0.15) is 0 Å². The van der Waals surface area contributed by atoms with Gasteiger partial charge in [-0.25, -0.2) is 0 Å². The molecule has 0 fully saturated rings. The summed E-state index contributed by atoms with van der Waals surface area (Å²) in [4.78, 5) is 0. The highest BCUT2D eigenvalue weighted by Gasteiger charge is 2.04. The fraction of sp³-hybridized carbons (Fsp3) is 0.0476. The van der Waals surface area contributed by atoms with E-state index in [4.69, 9.17) is 5.73 Å². The summed E-state index contributed by atoms with van der Waals surface area (Å²) in [6.45, 7) is 2.13. The first kappa shape index (κ1) is 12.9. The molecule has 0 aromatic heterocycles. The van der Waals surface area contributed by atoms with E-state index >= 15 is 0 Å². The Hall–Kier alpha value is -2.80. The highest BCUT2D eigenvalue weighted by molar-refractivity contribution is 6.09. The van der Waals surface area contributed by atoms with Crippen LogP contribution in [0.4, 0.5) is 5.69 Å². The van der Waals surface area contributed by atoms with Gasteiger partial charge in [-0.15, -0.1) is 0 Å². The van der Waals surface area contributed by atoms with Gasteiger partial charge in [-0.05, 0) is 57.8 Å². The smallest absolute Gasteiger partial charge is 0.0320 e. The van der Waals surface area contributed by atoms with Crippen LogP contribution in [-0.4, -0.2) is 0 Å². The fourth-order valence-electron chi connectivity index (χ4n) is 3.09. The molecule has 4 aromatic carbocycles. The highest BCUT2D eigenvalue weighted by Crippen LogP contribution is 2.30. The van der Waals surface area contributed by atoms with E-state index in [-0.39, 0.29) is 0 Å². The van der Waals surface area contributed by atoms with E-state index in [1.54, 1.807) is 0 Å². The van der Waals surface area contributed by atoms with Gasteiger partial charge in [0.05, 0.1) is 0 Å². The van der Waals surface area contributed by atoms with Crippen molar-refractivity contribution in [1.29, 1.82) is 0 Å². The molecule has 4 aromatic rings. The van der Waals surface area contributed by atoms with Gasteiger partial charge < -0.3 is 5.73 Å². The molecule has 1 nitrogen and oxygen atoms in total. The molecule has 0 saturated carbocycles. The molecular weight excluding hydrogens is 266 g/mol. The van der Waals surface area contributed by atoms with Crippen molar-refractivity contribution in [2.24, 2.45) is 0 Å². The van der Waals surface area contributed by atoms with Crippen molar-refractivity contribution >= 4 is 27.2 Å². The second kappa shape index (κ2) is 4.88. The van der Waals surface area contributed by atoms with Crippen LogP contribution in [0.15, 0.2) is 72.8 Å². The van der Waals surface area contributed by atoms with Crippen LogP contribution in [-0.2, 0) is 0 Å². The van der Waals surface area contributed by atoms with Crippen LogP contribution < -0.4 is 5.73 Å². The topological polar surface area (TPSA) is 26.0 Å². The minimum atomic E-state index is 0.809. The zero-order chi connectivity index (χ0) is 15.1. The van der Waals surface area contributed by atoms with E-state index in [0.717, 1.165) is 5.69 Å². The van der Waals surface area contributed by atoms with Crippen LogP contribution in [0.5, 0.6) is 0 Å². The molecule has 0 spiro atoms. The predicted molar refractivity (Wildman–Crippen MR) is 96.0 cm³/mol. The lowest BCUT2D eigenvalue weighted by Crippen LogP contribution is -1.85. The molecule has 0 aliphatic carbocycles. The maximum atomic E-state index is 5.88. The van der Waals surface area contributed by atoms with E-state index < -0.39 is 0 Å². The molecule has 0 unspecified atom stereocenters. The molecule has 0 bridgehead atoms. The molecule has 1 heteroatoms. The summed E-state index contributed by atoms with van der Waals surface area (Å²) >= 11 is 0. The Morgan fingerprint density at radius 2 is 1.32 bits per heavy atom. The van der Waals surface area contributed by atoms with E-state index in [9.17, 15) is 0 Å². The number of hydrogen-bond donors (Lipinski definition) is 1. The molecule has 0 atom stereocenters. The number of nitrogen functional groups attached to an aromatic ring is 1. The van der Waals surface area contributed by atoms with E-state index in [0.29, 0.717) is 0 Å². The van der Waals surface area contributed by atoms with Crippen molar-refractivity contribution < 1.29 is 0 Å². The first-order chi connectivity index (χ1) is 10.7. The average Bonchev–Trinajstić information content (AvgIpc) is 2.54. The van der Waals surface area contributed by atoms with Crippen molar-refractivity contribution in [3.05, 3.63) is 78.4 Å². The Labute approximate surface area is 130 Å². The lowest BCUT2D eigenvalue weighted by Gasteiger charge is -2.08. The van der Waals surface area contributed by atoms with Gasteiger partial charge >= 0.3 is 0 Å². The van der Waals surface area contributed by atoms with Crippen LogP contribution in [0.2, 0.25) is 0 Å². The van der Waals surface area contributed by atoms with Gasteiger partial charge in [0, 0.05) is 5.69 Å². The van der Waals surface area contributed by atoms with E-state index in [2.05, 4.69) is 67.6 Å². The van der Waals surface area contributed by atoms with Crippen molar-refractivity contribution in [3.63, 3.8) is 0 Å². The summed E-state index contributed by atoms with van der Waals surface area (Å²) in [5, 5.41) is 4.98. The van der Waals surface area contributed by atoms with Crippen LogP contribution in [0, 0.1) is 6.92 Å². The number of hydrogen-bond acceptors (Lipinski definition) is 1. The maximum Gasteiger partial charge on any atom is 0.0320 e. The normalized spacial score (nSPS) is 11.1. The van der Waals surface area contributed by atoms with E-state index in [1.165, 1.54) is 38.2 Å². The molecule has 0 saturated heterocycles. The van der Waals surface area contributed by atoms with Crippen molar-refractivity contribution in [2.75, 3.05) is 5.73 Å². The Kier molecular flexibility index (Phi) is 2.87. The largest absolute Gasteiger partial charge is 0.399 e. The Morgan fingerprint density at radius 1 is 0.636 bits per heavy atom. The molecule has 0 radical (unpaired) electrons. The van der Waals surface area contributed by atoms with Gasteiger partial charge in [-0.3, -0.25) is 0 Å². The summed E-state index contributed by atoms with van der Waals surface area (Å²) in [6.07, 6.45) is 0. The molecule has 2 N–H and O–H groups in total. The number of rotatable bonds is 1. The molecule has 0 heterocycles. The van der Waals surface area contributed by atoms with Gasteiger partial charge in [0.15, 0.2) is 0 Å². The summed E-state index contributed by atoms with van der Waals surface area (Å²) in [5.74, 6) is 0. The van der Waals surface area contributed by atoms with Gasteiger partial charge in [0.2, 0.25) is 0 Å². The fourth-order valence-corrected chi connectivity index (χ4v) is 3.09. The molecule has 106 valence electrons. The first-order valence-corrected chi connectivity index (χ1v) is 7.50. The van der Waals surface area contributed by atoms with Gasteiger partial charge in [0.25, 0.3) is 0 Å². The minimum Gasteiger partial charge on any atom is -0.399 e. The predicted octanol–water partition coefficient (Wildman–Crippen LogP) is 5.55. The second-order valence-electron chi connectivity index (χ2n) is 5.85. The Balaban J connectivity index is 1.95. The summed E-state index contributed by atoms with van der Waals surface area (Å²) < 4.78 is 0. The highest BCUT2D eigenvalue weighted by atomic mass is 14.5. The molecule has 22 heavy (non-hydrogen) atoms. The third-order valence-electron chi connectivity index (χ3n) is 4.21. The van der Waals surface area contributed by atoms with Crippen molar-refractivity contribution in [1.82, 2.24) is 0 Å². The quantitative estimate of drug-likeness (QED) is 0.359. The van der Waals surface area contributed by atoms with Gasteiger partial charge in [0.1, 0.15) is 0 Å². The van der Waals surface area contributed by atoms with Crippen LogP contribution in [0.25, 0.3) is 32.7 Å². The standard InChI is InChI=1S/C21H17N/c1-14-3-2-4-15(11-14)16-7-9-20-17(12-16)5-6-18-13-19(22)8-10-21(18)20/h2-13H,22H2,1H3. The Morgan fingerprint density at radius 3 is 2.09 bits per heavy atom. The van der Waals surface area contributed by atoms with Crippen LogP contribution in [0.1, 0.15) is 5.56 Å². The maximum absolute atomic E-state index is 5.88. The summed E-state index contributed by atoms with van der Waals surface area (Å²) in [5.41, 5.74) is 10.5. The molecule has 0 amide bonds. The SMILES string of the molecule is Cc1cccc(-c2ccc3c(ccc4cc(N)ccc43)c2)c1. The first-order valence-electron chi connectivity index (χ1n) is 7.50. The average molecular weight is 283 g/mol. The Bertz CT molecular complexity index is 999. The lowest BCUT2D eigenvalue weighted by atomic mass is 9.97. The monoisotopic (exact) mass is 283 g/mol. The molecular formula is C21H17N. The van der Waals surface area contributed by atoms with E-state index in [1.807, 2.05) is 12.1 Å². The van der Waals surface area contributed by atoms with Crippen LogP contribution in [0.3, 0.4) is 0 Å². The van der Waals surface area contributed by atoms with Crippen molar-refractivity contribution in [3.8, 4) is 11.1 Å². The zero-order valence-corrected chi connectivity index (χ0v) is 12.5. The number of fused-ring (bicyclic) bond motifs is 3. The van der Waals surface area contributed by atoms with Gasteiger partial charge in [-0.1, -0.05) is 60.2 Å². The van der Waals surface area contributed by atoms with Crippen LogP contribution >= 0.6 is 0 Å². The third-order valence-corrected chi connectivity index (χ3v) is 4.21. The molecule has 0 aliphatic rings. The number of benzene rings is 4. The zero-order valence-electron chi connectivity index (χ0n) is 12.5. The number of anilines is 1. The summed E-state index contributed by atoms with van der Waals surface area (Å²) in [6, 6.07) is 25.7. The lowest BCUT2D eigenvalue weighted by molar-refractivity contribution is 1.47. The molecule has 0 aliphatic heterocycles. The molecule has 4 rings (SSSR count). The number of nitrogens with two attached hydrogens (primary N) is 1. The third kappa shape index (κ3) is 2.11. The number of aryl methyl sites for hydroxylation is 1.